The highest BCUT2D eigenvalue weighted by Crippen LogP contribution is 2.05. The van der Waals surface area contributed by atoms with Gasteiger partial charge in [-0.05, 0) is 37.8 Å². The first-order valence-corrected chi connectivity index (χ1v) is 8.74. The second-order valence-corrected chi connectivity index (χ2v) is 6.90. The molecule has 116 valence electrons. The summed E-state index contributed by atoms with van der Waals surface area (Å²) in [5.41, 5.74) is 1.14. The maximum Gasteiger partial charge on any atom is 0.123 e. The van der Waals surface area contributed by atoms with E-state index in [-0.39, 0.29) is 5.82 Å². The zero-order valence-corrected chi connectivity index (χ0v) is 13.0. The molecule has 0 aliphatic carbocycles. The molecule has 2 aliphatic rings. The average Bonchev–Trinajstić information content (AvgIpc) is 2.77. The molecule has 2 fully saturated rings. The molecule has 1 aromatic rings. The topological polar surface area (TPSA) is 8.88 Å². The van der Waals surface area contributed by atoms with Gasteiger partial charge in [0.1, 0.15) is 12.4 Å². The third-order valence-electron chi connectivity index (χ3n) is 5.36. The number of piperidine rings is 1. The fourth-order valence-corrected chi connectivity index (χ4v) is 4.14. The lowest BCUT2D eigenvalue weighted by Gasteiger charge is -2.34. The van der Waals surface area contributed by atoms with E-state index in [4.69, 9.17) is 0 Å². The quantitative estimate of drug-likeness (QED) is 0.817. The van der Waals surface area contributed by atoms with E-state index in [0.717, 1.165) is 18.2 Å². The van der Waals surface area contributed by atoms with Crippen molar-refractivity contribution in [2.45, 2.75) is 51.1 Å². The predicted molar refractivity (Wildman–Crippen MR) is 83.0 cm³/mol. The number of quaternary nitrogens is 2. The highest BCUT2D eigenvalue weighted by atomic mass is 19.1. The number of hydrogen-bond acceptors (Lipinski definition) is 0. The van der Waals surface area contributed by atoms with Gasteiger partial charge in [0, 0.05) is 18.4 Å². The van der Waals surface area contributed by atoms with Crippen molar-refractivity contribution in [1.82, 2.24) is 0 Å². The molecule has 21 heavy (non-hydrogen) atoms. The summed E-state index contributed by atoms with van der Waals surface area (Å²) >= 11 is 0. The summed E-state index contributed by atoms with van der Waals surface area (Å²) in [6.45, 7) is 6.28. The van der Waals surface area contributed by atoms with Crippen LogP contribution in [-0.4, -0.2) is 32.2 Å². The fraction of sp³-hybridized carbons (Fsp3) is 0.667. The molecule has 2 nitrogen and oxygen atoms in total. The van der Waals surface area contributed by atoms with Gasteiger partial charge in [-0.25, -0.2) is 4.39 Å². The Kier molecular flexibility index (Phi) is 5.26. The predicted octanol–water partition coefficient (Wildman–Crippen LogP) is 0.832. The van der Waals surface area contributed by atoms with Crippen LogP contribution >= 0.6 is 0 Å². The number of halogens is 1. The van der Waals surface area contributed by atoms with Crippen LogP contribution < -0.4 is 9.80 Å². The number of hydrogen-bond donors (Lipinski definition) is 2. The van der Waals surface area contributed by atoms with Crippen LogP contribution in [0.1, 0.15) is 44.1 Å². The average molecular weight is 292 g/mol. The van der Waals surface area contributed by atoms with E-state index in [1.54, 1.807) is 11.0 Å². The third-order valence-corrected chi connectivity index (χ3v) is 5.36. The van der Waals surface area contributed by atoms with E-state index in [9.17, 15) is 4.39 Å². The largest absolute Gasteiger partial charge is 0.332 e. The molecule has 0 bridgehead atoms. The smallest absolute Gasteiger partial charge is 0.123 e. The van der Waals surface area contributed by atoms with Crippen molar-refractivity contribution in [3.05, 3.63) is 35.6 Å². The zero-order valence-electron chi connectivity index (χ0n) is 13.0. The molecule has 3 rings (SSSR count). The van der Waals surface area contributed by atoms with Gasteiger partial charge in [-0.3, -0.25) is 0 Å². The molecule has 0 unspecified atom stereocenters. The number of likely N-dealkylation sites (tertiary alicyclic amines) is 2. The van der Waals surface area contributed by atoms with Crippen LogP contribution in [0.4, 0.5) is 4.39 Å². The first-order chi connectivity index (χ1) is 10.3. The van der Waals surface area contributed by atoms with Crippen molar-refractivity contribution < 1.29 is 14.2 Å². The Bertz CT molecular complexity index is 433. The molecule has 2 N–H and O–H groups in total. The second-order valence-electron chi connectivity index (χ2n) is 6.90. The minimum Gasteiger partial charge on any atom is -0.332 e. The number of rotatable bonds is 3. The second kappa shape index (κ2) is 7.37. The summed E-state index contributed by atoms with van der Waals surface area (Å²) in [6, 6.07) is 8.01. The van der Waals surface area contributed by atoms with Crippen LogP contribution in [-0.2, 0) is 6.54 Å². The maximum atomic E-state index is 13.3. The van der Waals surface area contributed by atoms with E-state index in [1.807, 2.05) is 11.0 Å². The molecule has 2 aliphatic heterocycles. The minimum atomic E-state index is -0.101. The van der Waals surface area contributed by atoms with E-state index in [0.29, 0.717) is 0 Å². The Balaban J connectivity index is 1.48. The summed E-state index contributed by atoms with van der Waals surface area (Å²) in [5, 5.41) is 0. The lowest BCUT2D eigenvalue weighted by molar-refractivity contribution is -0.963. The lowest BCUT2D eigenvalue weighted by Crippen LogP contribution is -3.20. The number of nitrogens with one attached hydrogen (secondary N) is 2. The molecule has 2 heterocycles. The van der Waals surface area contributed by atoms with Gasteiger partial charge in [0.15, 0.2) is 0 Å². The Morgan fingerprint density at radius 1 is 0.952 bits per heavy atom. The van der Waals surface area contributed by atoms with Crippen molar-refractivity contribution in [3.8, 4) is 0 Å². The van der Waals surface area contributed by atoms with Crippen molar-refractivity contribution >= 4 is 0 Å². The molecule has 0 radical (unpaired) electrons. The van der Waals surface area contributed by atoms with Gasteiger partial charge in [-0.2, -0.15) is 0 Å². The van der Waals surface area contributed by atoms with Gasteiger partial charge in [0.2, 0.25) is 0 Å². The Hall–Kier alpha value is -0.930. The van der Waals surface area contributed by atoms with Gasteiger partial charge in [0.25, 0.3) is 0 Å². The van der Waals surface area contributed by atoms with Crippen molar-refractivity contribution in [2.24, 2.45) is 0 Å². The van der Waals surface area contributed by atoms with Crippen LogP contribution in [0.5, 0.6) is 0 Å². The van der Waals surface area contributed by atoms with Gasteiger partial charge >= 0.3 is 0 Å². The van der Waals surface area contributed by atoms with Crippen molar-refractivity contribution in [1.29, 1.82) is 0 Å². The van der Waals surface area contributed by atoms with Gasteiger partial charge < -0.3 is 9.80 Å². The highest BCUT2D eigenvalue weighted by molar-refractivity contribution is 5.14. The maximum absolute atomic E-state index is 13.3. The van der Waals surface area contributed by atoms with Gasteiger partial charge in [-0.1, -0.05) is 12.1 Å². The molecule has 3 heteroatoms. The summed E-state index contributed by atoms with van der Waals surface area (Å²) < 4.78 is 13.3. The lowest BCUT2D eigenvalue weighted by atomic mass is 10.0. The summed E-state index contributed by atoms with van der Waals surface area (Å²) in [6.07, 6.45) is 8.41. The van der Waals surface area contributed by atoms with Crippen LogP contribution in [0.3, 0.4) is 0 Å². The molecule has 0 aromatic heterocycles. The molecule has 1 aromatic carbocycles. The third kappa shape index (κ3) is 4.27. The van der Waals surface area contributed by atoms with Gasteiger partial charge in [0.05, 0.1) is 32.2 Å². The minimum absolute atomic E-state index is 0.101. The SMILES string of the molecule is Fc1cccc(C[NH+]2CCC([NH+]3CCCCCC3)CC2)c1. The Morgan fingerprint density at radius 3 is 2.33 bits per heavy atom. The molecule has 2 saturated heterocycles. The van der Waals surface area contributed by atoms with Crippen LogP contribution in [0, 0.1) is 5.82 Å². The van der Waals surface area contributed by atoms with E-state index >= 15 is 0 Å². The Morgan fingerprint density at radius 2 is 1.67 bits per heavy atom. The van der Waals surface area contributed by atoms with E-state index in [1.165, 1.54) is 70.8 Å². The fourth-order valence-electron chi connectivity index (χ4n) is 4.14. The van der Waals surface area contributed by atoms with Crippen LogP contribution in [0.2, 0.25) is 0 Å². The summed E-state index contributed by atoms with van der Waals surface area (Å²) in [4.78, 5) is 3.50. The molecule has 0 spiro atoms. The molecular weight excluding hydrogens is 263 g/mol. The first-order valence-electron chi connectivity index (χ1n) is 8.74. The molecule has 0 atom stereocenters. The highest BCUT2D eigenvalue weighted by Gasteiger charge is 2.30. The summed E-state index contributed by atoms with van der Waals surface area (Å²) in [7, 11) is 0. The first kappa shape index (κ1) is 15.0. The monoisotopic (exact) mass is 292 g/mol. The van der Waals surface area contributed by atoms with Crippen molar-refractivity contribution in [2.75, 3.05) is 26.2 Å². The standard InChI is InChI=1S/C18H27FN2/c19-17-7-5-6-16(14-17)15-20-12-8-18(9-13-20)21-10-3-1-2-4-11-21/h5-7,14,18H,1-4,8-13,15H2/p+2. The molecule has 0 amide bonds. The zero-order chi connectivity index (χ0) is 14.5. The van der Waals surface area contributed by atoms with Crippen molar-refractivity contribution in [3.63, 3.8) is 0 Å². The van der Waals surface area contributed by atoms with Crippen LogP contribution in [0.15, 0.2) is 24.3 Å². The molecule has 0 saturated carbocycles. The summed E-state index contributed by atoms with van der Waals surface area (Å²) in [5.74, 6) is -0.101. The van der Waals surface area contributed by atoms with Gasteiger partial charge in [-0.15, -0.1) is 0 Å². The van der Waals surface area contributed by atoms with E-state index in [2.05, 4.69) is 6.07 Å². The number of benzene rings is 1. The molecular formula is C18H29FN2+2. The normalized spacial score (nSPS) is 28.2. The Labute approximate surface area is 127 Å². The van der Waals surface area contributed by atoms with E-state index < -0.39 is 0 Å². The van der Waals surface area contributed by atoms with Crippen LogP contribution in [0.25, 0.3) is 0 Å².